The van der Waals surface area contributed by atoms with E-state index in [0.717, 1.165) is 25.0 Å². The van der Waals surface area contributed by atoms with Gasteiger partial charge in [0.1, 0.15) is 6.04 Å². The van der Waals surface area contributed by atoms with Crippen LogP contribution < -0.4 is 5.32 Å². The molecular formula is C14H22N2O4S. The van der Waals surface area contributed by atoms with Crippen molar-refractivity contribution in [2.24, 2.45) is 0 Å². The average Bonchev–Trinajstić information content (AvgIpc) is 2.94. The Balaban J connectivity index is 2.27. The molecule has 21 heavy (non-hydrogen) atoms. The van der Waals surface area contributed by atoms with E-state index in [1.165, 1.54) is 18.7 Å². The lowest BCUT2D eigenvalue weighted by atomic mass is 10.2. The maximum absolute atomic E-state index is 12.0. The van der Waals surface area contributed by atoms with Gasteiger partial charge in [0, 0.05) is 19.7 Å². The van der Waals surface area contributed by atoms with Crippen LogP contribution in [0.3, 0.4) is 0 Å². The number of carboxylic acid groups (broad SMARTS) is 1. The lowest BCUT2D eigenvalue weighted by molar-refractivity contribution is -0.141. The molecule has 2 N–H and O–H groups in total. The second-order valence-electron chi connectivity index (χ2n) is 4.97. The molecule has 1 aliphatic rings. The summed E-state index contributed by atoms with van der Waals surface area (Å²) >= 11 is 1.39. The van der Waals surface area contributed by atoms with Crippen LogP contribution in [0, 0.1) is 0 Å². The second kappa shape index (κ2) is 8.71. The maximum atomic E-state index is 12.0. The molecule has 0 bridgehead atoms. The molecule has 118 valence electrons. The van der Waals surface area contributed by atoms with Gasteiger partial charge < -0.3 is 15.3 Å². The first kappa shape index (κ1) is 17.6. The Kier molecular flexibility index (Phi) is 7.28. The molecule has 0 fully saturated rings. The Labute approximate surface area is 128 Å². The summed E-state index contributed by atoms with van der Waals surface area (Å²) in [7, 11) is 1.78. The van der Waals surface area contributed by atoms with Crippen molar-refractivity contribution in [3.05, 3.63) is 11.8 Å². The van der Waals surface area contributed by atoms with E-state index >= 15 is 0 Å². The fraction of sp³-hybridized carbons (Fsp3) is 0.643. The Morgan fingerprint density at radius 2 is 2.19 bits per heavy atom. The highest BCUT2D eigenvalue weighted by Gasteiger charge is 2.19. The monoisotopic (exact) mass is 314 g/mol. The third-order valence-electron chi connectivity index (χ3n) is 3.27. The van der Waals surface area contributed by atoms with Crippen LogP contribution in [0.2, 0.25) is 0 Å². The minimum absolute atomic E-state index is 0.0274. The van der Waals surface area contributed by atoms with Crippen molar-refractivity contribution in [3.63, 3.8) is 0 Å². The molecule has 0 saturated heterocycles. The number of allylic oxidation sites excluding steroid dienone is 2. The third kappa shape index (κ3) is 6.20. The number of nitrogens with one attached hydrogen (secondary N) is 1. The summed E-state index contributed by atoms with van der Waals surface area (Å²) in [6.07, 6.45) is 5.45. The van der Waals surface area contributed by atoms with Crippen molar-refractivity contribution in [1.82, 2.24) is 10.2 Å². The zero-order chi connectivity index (χ0) is 15.8. The van der Waals surface area contributed by atoms with Gasteiger partial charge in [-0.15, -0.1) is 0 Å². The zero-order valence-electron chi connectivity index (χ0n) is 12.4. The summed E-state index contributed by atoms with van der Waals surface area (Å²) < 4.78 is 0. The van der Waals surface area contributed by atoms with Crippen molar-refractivity contribution in [3.8, 4) is 0 Å². The van der Waals surface area contributed by atoms with Gasteiger partial charge in [-0.3, -0.25) is 9.59 Å². The van der Waals surface area contributed by atoms with Gasteiger partial charge in [-0.1, -0.05) is 6.08 Å². The number of nitrogens with zero attached hydrogens (tertiary/aromatic N) is 1. The number of carboxylic acids is 1. The predicted octanol–water partition coefficient (Wildman–Crippen LogP) is 1.23. The molecule has 2 amide bonds. The summed E-state index contributed by atoms with van der Waals surface area (Å²) in [5.41, 5.74) is 1.07. The normalized spacial score (nSPS) is 15.2. The minimum atomic E-state index is -1.05. The summed E-state index contributed by atoms with van der Waals surface area (Å²) in [6.45, 7) is 1.29. The number of aliphatic carboxylic acids is 1. The van der Waals surface area contributed by atoms with Gasteiger partial charge in [0.05, 0.1) is 5.75 Å². The predicted molar refractivity (Wildman–Crippen MR) is 81.9 cm³/mol. The van der Waals surface area contributed by atoms with Crippen LogP contribution in [-0.2, 0) is 14.4 Å². The summed E-state index contributed by atoms with van der Waals surface area (Å²) in [6, 6.07) is -0.889. The van der Waals surface area contributed by atoms with Gasteiger partial charge in [-0.25, -0.2) is 4.79 Å². The van der Waals surface area contributed by atoms with Crippen molar-refractivity contribution in [2.75, 3.05) is 18.6 Å². The largest absolute Gasteiger partial charge is 0.480 e. The van der Waals surface area contributed by atoms with Crippen LogP contribution >= 0.6 is 11.8 Å². The van der Waals surface area contributed by atoms with E-state index in [0.29, 0.717) is 17.9 Å². The van der Waals surface area contributed by atoms with Gasteiger partial charge in [-0.05, 0) is 31.4 Å². The van der Waals surface area contributed by atoms with Crippen molar-refractivity contribution < 1.29 is 19.5 Å². The zero-order valence-corrected chi connectivity index (χ0v) is 13.2. The Hall–Kier alpha value is -1.50. The number of carbonyl (C=O) groups excluding carboxylic acids is 2. The molecule has 0 aliphatic heterocycles. The first-order valence-electron chi connectivity index (χ1n) is 6.95. The lowest BCUT2D eigenvalue weighted by Gasteiger charge is -2.18. The Morgan fingerprint density at radius 3 is 2.71 bits per heavy atom. The molecule has 0 aromatic heterocycles. The summed E-state index contributed by atoms with van der Waals surface area (Å²) in [4.78, 5) is 35.5. The van der Waals surface area contributed by atoms with Gasteiger partial charge in [0.15, 0.2) is 0 Å². The van der Waals surface area contributed by atoms with E-state index in [2.05, 4.69) is 11.4 Å². The molecule has 1 atom stereocenters. The minimum Gasteiger partial charge on any atom is -0.480 e. The van der Waals surface area contributed by atoms with Crippen LogP contribution in [0.1, 0.15) is 32.6 Å². The SMILES string of the molecule is CC(=O)NC(CCSCC(=O)N(C)C1=CCCC1)C(=O)O. The molecule has 0 saturated carbocycles. The van der Waals surface area contributed by atoms with Crippen molar-refractivity contribution in [2.45, 2.75) is 38.6 Å². The smallest absolute Gasteiger partial charge is 0.326 e. The van der Waals surface area contributed by atoms with Crippen LogP contribution in [0.15, 0.2) is 11.8 Å². The topological polar surface area (TPSA) is 86.7 Å². The Morgan fingerprint density at radius 1 is 1.48 bits per heavy atom. The van der Waals surface area contributed by atoms with E-state index in [1.54, 1.807) is 11.9 Å². The van der Waals surface area contributed by atoms with Crippen LogP contribution in [0.25, 0.3) is 0 Å². The van der Waals surface area contributed by atoms with Gasteiger partial charge >= 0.3 is 5.97 Å². The van der Waals surface area contributed by atoms with Crippen molar-refractivity contribution >= 4 is 29.5 Å². The molecule has 1 rings (SSSR count). The average molecular weight is 314 g/mol. The van der Waals surface area contributed by atoms with Gasteiger partial charge in [0.25, 0.3) is 0 Å². The highest BCUT2D eigenvalue weighted by molar-refractivity contribution is 7.99. The van der Waals surface area contributed by atoms with E-state index in [9.17, 15) is 14.4 Å². The fourth-order valence-corrected chi connectivity index (χ4v) is 2.99. The quantitative estimate of drug-likeness (QED) is 0.658. The van der Waals surface area contributed by atoms with E-state index in [1.807, 2.05) is 0 Å². The fourth-order valence-electron chi connectivity index (χ4n) is 2.08. The molecule has 1 aliphatic carbocycles. The van der Waals surface area contributed by atoms with E-state index in [4.69, 9.17) is 5.11 Å². The lowest BCUT2D eigenvalue weighted by Crippen LogP contribution is -2.40. The molecule has 0 aromatic carbocycles. The number of carbonyl (C=O) groups is 3. The Bertz CT molecular complexity index is 437. The molecule has 7 heteroatoms. The molecule has 0 radical (unpaired) electrons. The molecule has 0 aromatic rings. The number of hydrogen-bond donors (Lipinski definition) is 2. The van der Waals surface area contributed by atoms with Crippen LogP contribution in [-0.4, -0.2) is 52.4 Å². The molecule has 6 nitrogen and oxygen atoms in total. The second-order valence-corrected chi connectivity index (χ2v) is 6.08. The van der Waals surface area contributed by atoms with Gasteiger partial charge in [0.2, 0.25) is 11.8 Å². The highest BCUT2D eigenvalue weighted by atomic mass is 32.2. The standard InChI is InChI=1S/C14H22N2O4S/c1-10(17)15-12(14(19)20)7-8-21-9-13(18)16(2)11-5-3-4-6-11/h5,12H,3-4,6-9H2,1-2H3,(H,15,17)(H,19,20). The molecule has 0 heterocycles. The molecular weight excluding hydrogens is 292 g/mol. The number of thioether (sulfide) groups is 1. The number of amides is 2. The van der Waals surface area contributed by atoms with E-state index in [-0.39, 0.29) is 11.8 Å². The van der Waals surface area contributed by atoms with Crippen LogP contribution in [0.5, 0.6) is 0 Å². The third-order valence-corrected chi connectivity index (χ3v) is 4.25. The first-order valence-corrected chi connectivity index (χ1v) is 8.10. The first-order chi connectivity index (χ1) is 9.91. The summed E-state index contributed by atoms with van der Waals surface area (Å²) in [5, 5.41) is 11.3. The van der Waals surface area contributed by atoms with Crippen molar-refractivity contribution in [1.29, 1.82) is 0 Å². The van der Waals surface area contributed by atoms with Crippen LogP contribution in [0.4, 0.5) is 0 Å². The van der Waals surface area contributed by atoms with E-state index < -0.39 is 12.0 Å². The number of hydrogen-bond acceptors (Lipinski definition) is 4. The highest BCUT2D eigenvalue weighted by Crippen LogP contribution is 2.21. The molecule has 0 spiro atoms. The molecule has 1 unspecified atom stereocenters. The van der Waals surface area contributed by atoms with Gasteiger partial charge in [-0.2, -0.15) is 11.8 Å². The maximum Gasteiger partial charge on any atom is 0.326 e. The number of rotatable bonds is 8. The summed E-state index contributed by atoms with van der Waals surface area (Å²) in [5.74, 6) is -0.558.